The van der Waals surface area contributed by atoms with Crippen LogP contribution in [0.25, 0.3) is 0 Å². The van der Waals surface area contributed by atoms with E-state index >= 15 is 0 Å². The third kappa shape index (κ3) is 4.74. The molecule has 1 aliphatic carbocycles. The van der Waals surface area contributed by atoms with Gasteiger partial charge in [0, 0.05) is 12.2 Å². The zero-order valence-corrected chi connectivity index (χ0v) is 16.4. The lowest BCUT2D eigenvalue weighted by Crippen LogP contribution is -2.33. The number of imide groups is 1. The Bertz CT molecular complexity index is 871. The van der Waals surface area contributed by atoms with Gasteiger partial charge in [0.05, 0.1) is 28.8 Å². The van der Waals surface area contributed by atoms with E-state index in [0.717, 1.165) is 30.6 Å². The molecule has 0 bridgehead atoms. The zero-order valence-electron chi connectivity index (χ0n) is 15.7. The van der Waals surface area contributed by atoms with E-state index in [1.807, 2.05) is 6.07 Å². The number of carbonyl (C=O) groups is 4. The Morgan fingerprint density at radius 2 is 1.86 bits per heavy atom. The van der Waals surface area contributed by atoms with Crippen molar-refractivity contribution in [1.29, 1.82) is 5.26 Å². The average molecular weight is 418 g/mol. The number of anilines is 1. The third-order valence-corrected chi connectivity index (χ3v) is 5.52. The monoisotopic (exact) mass is 417 g/mol. The molecule has 1 N–H and O–H groups in total. The van der Waals surface area contributed by atoms with Crippen molar-refractivity contribution in [2.75, 3.05) is 18.5 Å². The number of fused-ring (bicyclic) bond motifs is 1. The van der Waals surface area contributed by atoms with Crippen molar-refractivity contribution in [3.8, 4) is 6.07 Å². The maximum Gasteiger partial charge on any atom is 0.308 e. The maximum atomic E-state index is 12.4. The number of nitrogens with one attached hydrogen (secondary N) is 1. The Hall–Kier alpha value is -2.92. The zero-order chi connectivity index (χ0) is 21.0. The lowest BCUT2D eigenvalue weighted by atomic mass is 9.81. The van der Waals surface area contributed by atoms with Gasteiger partial charge in [0.15, 0.2) is 6.61 Å². The summed E-state index contributed by atoms with van der Waals surface area (Å²) in [6.45, 7) is -0.542. The molecule has 0 spiro atoms. The van der Waals surface area contributed by atoms with E-state index < -0.39 is 18.5 Å². The van der Waals surface area contributed by atoms with Gasteiger partial charge in [-0.05, 0) is 31.0 Å². The molecule has 3 rings (SSSR count). The molecular weight excluding hydrogens is 398 g/mol. The van der Waals surface area contributed by atoms with E-state index in [9.17, 15) is 19.2 Å². The first-order valence-corrected chi connectivity index (χ1v) is 9.79. The van der Waals surface area contributed by atoms with Gasteiger partial charge < -0.3 is 10.1 Å². The van der Waals surface area contributed by atoms with Gasteiger partial charge in [0.1, 0.15) is 6.07 Å². The first kappa shape index (κ1) is 20.8. The van der Waals surface area contributed by atoms with Crippen LogP contribution >= 0.6 is 11.6 Å². The molecule has 1 saturated heterocycles. The molecular formula is C20H20ClN3O5. The quantitative estimate of drug-likeness (QED) is 0.560. The minimum Gasteiger partial charge on any atom is -0.456 e. The van der Waals surface area contributed by atoms with Crippen LogP contribution < -0.4 is 5.32 Å². The largest absolute Gasteiger partial charge is 0.456 e. The molecule has 152 valence electrons. The van der Waals surface area contributed by atoms with Crippen molar-refractivity contribution < 1.29 is 23.9 Å². The van der Waals surface area contributed by atoms with Crippen LogP contribution in [0.1, 0.15) is 37.7 Å². The van der Waals surface area contributed by atoms with Crippen molar-refractivity contribution >= 4 is 41.0 Å². The smallest absolute Gasteiger partial charge is 0.308 e. The van der Waals surface area contributed by atoms with E-state index in [4.69, 9.17) is 21.6 Å². The van der Waals surface area contributed by atoms with Crippen LogP contribution in [-0.2, 0) is 23.9 Å². The van der Waals surface area contributed by atoms with Crippen LogP contribution in [0.2, 0.25) is 5.02 Å². The van der Waals surface area contributed by atoms with Crippen LogP contribution in [0.15, 0.2) is 18.2 Å². The molecule has 1 aliphatic heterocycles. The second kappa shape index (κ2) is 9.05. The lowest BCUT2D eigenvalue weighted by Gasteiger charge is -2.19. The summed E-state index contributed by atoms with van der Waals surface area (Å²) in [4.78, 5) is 49.7. The van der Waals surface area contributed by atoms with Crippen molar-refractivity contribution in [1.82, 2.24) is 4.90 Å². The number of rotatable bonds is 6. The molecule has 0 unspecified atom stereocenters. The molecule has 29 heavy (non-hydrogen) atoms. The van der Waals surface area contributed by atoms with E-state index in [2.05, 4.69) is 5.32 Å². The number of nitrogens with zero attached hydrogens (tertiary/aromatic N) is 2. The van der Waals surface area contributed by atoms with Crippen molar-refractivity contribution in [2.24, 2.45) is 11.8 Å². The number of carbonyl (C=O) groups excluding carboxylic acids is 4. The predicted octanol–water partition coefficient (Wildman–Crippen LogP) is 2.26. The van der Waals surface area contributed by atoms with E-state index in [1.165, 1.54) is 18.2 Å². The van der Waals surface area contributed by atoms with Crippen LogP contribution in [-0.4, -0.2) is 41.7 Å². The van der Waals surface area contributed by atoms with E-state index in [-0.39, 0.29) is 47.2 Å². The maximum absolute atomic E-state index is 12.4. The normalized spacial score (nSPS) is 20.8. The Labute approximate surface area is 172 Å². The standard InChI is InChI=1S/C20H20ClN3O5/c21-16-9-13(6-5-12(16)10-22)23-17(25)11-29-18(26)7-8-24-19(27)14-3-1-2-4-15(14)20(24)28/h5-6,9,14-15H,1-4,7-8,11H2,(H,23,25)/t14-,15+. The van der Waals surface area contributed by atoms with Crippen LogP contribution in [0, 0.1) is 23.2 Å². The highest BCUT2D eigenvalue weighted by Gasteiger charge is 2.47. The van der Waals surface area contributed by atoms with Gasteiger partial charge >= 0.3 is 5.97 Å². The number of nitriles is 1. The number of ether oxygens (including phenoxy) is 1. The van der Waals surface area contributed by atoms with E-state index in [1.54, 1.807) is 0 Å². The molecule has 1 heterocycles. The molecule has 1 aromatic rings. The summed E-state index contributed by atoms with van der Waals surface area (Å²) >= 11 is 5.89. The third-order valence-electron chi connectivity index (χ3n) is 5.21. The fourth-order valence-corrected chi connectivity index (χ4v) is 3.98. The Morgan fingerprint density at radius 3 is 2.45 bits per heavy atom. The first-order valence-electron chi connectivity index (χ1n) is 9.41. The highest BCUT2D eigenvalue weighted by Crippen LogP contribution is 2.37. The van der Waals surface area contributed by atoms with Crippen LogP contribution in [0.5, 0.6) is 0 Å². The molecule has 0 radical (unpaired) electrons. The van der Waals surface area contributed by atoms with Gasteiger partial charge in [-0.1, -0.05) is 24.4 Å². The van der Waals surface area contributed by atoms with Crippen molar-refractivity contribution in [3.63, 3.8) is 0 Å². The highest BCUT2D eigenvalue weighted by atomic mass is 35.5. The fourth-order valence-electron chi connectivity index (χ4n) is 3.75. The highest BCUT2D eigenvalue weighted by molar-refractivity contribution is 6.32. The fraction of sp³-hybridized carbons (Fsp3) is 0.450. The summed E-state index contributed by atoms with van der Waals surface area (Å²) < 4.78 is 4.91. The molecule has 2 atom stereocenters. The minimum absolute atomic E-state index is 0.0314. The average Bonchev–Trinajstić information content (AvgIpc) is 2.95. The number of benzene rings is 1. The number of amides is 3. The molecule has 3 amide bonds. The van der Waals surface area contributed by atoms with Crippen molar-refractivity contribution in [2.45, 2.75) is 32.1 Å². The van der Waals surface area contributed by atoms with Gasteiger partial charge in [-0.25, -0.2) is 0 Å². The molecule has 2 fully saturated rings. The van der Waals surface area contributed by atoms with Crippen LogP contribution in [0.3, 0.4) is 0 Å². The lowest BCUT2D eigenvalue weighted by molar-refractivity contribution is -0.148. The number of likely N-dealkylation sites (tertiary alicyclic amines) is 1. The van der Waals surface area contributed by atoms with Gasteiger partial charge in [-0.15, -0.1) is 0 Å². The summed E-state index contributed by atoms with van der Waals surface area (Å²) in [5.74, 6) is -2.16. The molecule has 1 saturated carbocycles. The molecule has 1 aromatic carbocycles. The minimum atomic E-state index is -0.673. The molecule has 8 nitrogen and oxygen atoms in total. The number of hydrogen-bond donors (Lipinski definition) is 1. The Kier molecular flexibility index (Phi) is 6.49. The van der Waals surface area contributed by atoms with Crippen molar-refractivity contribution in [3.05, 3.63) is 28.8 Å². The summed E-state index contributed by atoms with van der Waals surface area (Å²) in [6.07, 6.45) is 3.16. The number of esters is 1. The number of hydrogen-bond acceptors (Lipinski definition) is 6. The molecule has 0 aromatic heterocycles. The van der Waals surface area contributed by atoms with Gasteiger partial charge in [-0.3, -0.25) is 24.1 Å². The van der Waals surface area contributed by atoms with Gasteiger partial charge in [-0.2, -0.15) is 5.26 Å². The summed E-state index contributed by atoms with van der Waals surface area (Å²) in [5, 5.41) is 11.5. The first-order chi connectivity index (χ1) is 13.9. The number of halogens is 1. The van der Waals surface area contributed by atoms with Gasteiger partial charge in [0.25, 0.3) is 5.91 Å². The van der Waals surface area contributed by atoms with Gasteiger partial charge in [0.2, 0.25) is 11.8 Å². The SMILES string of the molecule is N#Cc1ccc(NC(=O)COC(=O)CCN2C(=O)[C@H]3CCCC[C@H]3C2=O)cc1Cl. The molecule has 9 heteroatoms. The summed E-state index contributed by atoms with van der Waals surface area (Å²) in [6, 6.07) is 6.30. The summed E-state index contributed by atoms with van der Waals surface area (Å²) in [7, 11) is 0. The topological polar surface area (TPSA) is 117 Å². The Morgan fingerprint density at radius 1 is 1.21 bits per heavy atom. The van der Waals surface area contributed by atoms with Crippen LogP contribution in [0.4, 0.5) is 5.69 Å². The summed E-state index contributed by atoms with van der Waals surface area (Å²) in [5.41, 5.74) is 0.646. The second-order valence-corrected chi connectivity index (χ2v) is 7.50. The Balaban J connectivity index is 1.43. The molecule has 2 aliphatic rings. The predicted molar refractivity (Wildman–Crippen MR) is 103 cm³/mol. The second-order valence-electron chi connectivity index (χ2n) is 7.09. The van der Waals surface area contributed by atoms with E-state index in [0.29, 0.717) is 5.69 Å².